The van der Waals surface area contributed by atoms with E-state index in [4.69, 9.17) is 0 Å². The van der Waals surface area contributed by atoms with Gasteiger partial charge >= 0.3 is 0 Å². The summed E-state index contributed by atoms with van der Waals surface area (Å²) >= 11 is 0. The zero-order valence-corrected chi connectivity index (χ0v) is 11.6. The van der Waals surface area contributed by atoms with Gasteiger partial charge < -0.3 is 10.6 Å². The first-order valence-electron chi connectivity index (χ1n) is 6.81. The summed E-state index contributed by atoms with van der Waals surface area (Å²) in [5, 5.41) is 6.47. The van der Waals surface area contributed by atoms with E-state index in [-0.39, 0.29) is 11.9 Å². The molecule has 0 bridgehead atoms. The molecule has 2 atom stereocenters. The van der Waals surface area contributed by atoms with Gasteiger partial charge in [0.05, 0.1) is 6.04 Å². The number of carbonyl (C=O) groups is 1. The van der Waals surface area contributed by atoms with Crippen molar-refractivity contribution >= 4 is 5.91 Å². The van der Waals surface area contributed by atoms with Gasteiger partial charge in [0.25, 0.3) is 0 Å². The molecule has 4 nitrogen and oxygen atoms in total. The smallest absolute Gasteiger partial charge is 0.237 e. The van der Waals surface area contributed by atoms with Crippen molar-refractivity contribution in [2.75, 3.05) is 26.2 Å². The Balaban J connectivity index is 2.44. The van der Waals surface area contributed by atoms with Crippen LogP contribution in [0.25, 0.3) is 0 Å². The molecule has 1 fully saturated rings. The monoisotopic (exact) mass is 241 g/mol. The molecule has 2 unspecified atom stereocenters. The van der Waals surface area contributed by atoms with E-state index in [1.165, 1.54) is 0 Å². The van der Waals surface area contributed by atoms with E-state index in [1.807, 2.05) is 6.92 Å². The predicted octanol–water partition coefficient (Wildman–Crippen LogP) is 0.831. The molecule has 0 aliphatic carbocycles. The summed E-state index contributed by atoms with van der Waals surface area (Å²) in [4.78, 5) is 14.4. The fourth-order valence-electron chi connectivity index (χ4n) is 2.28. The number of amides is 1. The van der Waals surface area contributed by atoms with Crippen molar-refractivity contribution in [3.8, 4) is 0 Å². The zero-order valence-electron chi connectivity index (χ0n) is 11.6. The van der Waals surface area contributed by atoms with Crippen molar-refractivity contribution in [3.05, 3.63) is 0 Å². The number of nitrogens with one attached hydrogen (secondary N) is 2. The van der Waals surface area contributed by atoms with Gasteiger partial charge in [-0.25, -0.2) is 0 Å². The Morgan fingerprint density at radius 3 is 2.35 bits per heavy atom. The Morgan fingerprint density at radius 2 is 1.88 bits per heavy atom. The quantitative estimate of drug-likeness (QED) is 0.749. The van der Waals surface area contributed by atoms with Crippen LogP contribution in [0.1, 0.15) is 34.1 Å². The van der Waals surface area contributed by atoms with Crippen LogP contribution in [-0.4, -0.2) is 49.1 Å². The van der Waals surface area contributed by atoms with Crippen LogP contribution in [0.2, 0.25) is 0 Å². The van der Waals surface area contributed by atoms with E-state index in [1.54, 1.807) is 0 Å². The fraction of sp³-hybridized carbons (Fsp3) is 0.923. The van der Waals surface area contributed by atoms with Crippen LogP contribution in [0.5, 0.6) is 0 Å². The van der Waals surface area contributed by atoms with Gasteiger partial charge in [0, 0.05) is 32.2 Å². The summed E-state index contributed by atoms with van der Waals surface area (Å²) in [6.45, 7) is 12.3. The molecule has 0 aromatic carbocycles. The SMILES string of the molecule is CCC(NC(=O)C(C)N1CCNCC1)C(C)C. The standard InChI is InChI=1S/C13H27N3O/c1-5-12(10(2)3)15-13(17)11(4)16-8-6-14-7-9-16/h10-12,14H,5-9H2,1-4H3,(H,15,17). The molecule has 0 spiro atoms. The van der Waals surface area contributed by atoms with Crippen molar-refractivity contribution in [3.63, 3.8) is 0 Å². The summed E-state index contributed by atoms with van der Waals surface area (Å²) in [5.74, 6) is 0.673. The van der Waals surface area contributed by atoms with Crippen LogP contribution in [0.15, 0.2) is 0 Å². The lowest BCUT2D eigenvalue weighted by molar-refractivity contribution is -0.127. The second kappa shape index (κ2) is 6.97. The van der Waals surface area contributed by atoms with Gasteiger partial charge in [-0.05, 0) is 19.3 Å². The lowest BCUT2D eigenvalue weighted by Gasteiger charge is -2.33. The Morgan fingerprint density at radius 1 is 1.29 bits per heavy atom. The van der Waals surface area contributed by atoms with E-state index in [0.717, 1.165) is 32.6 Å². The third-order valence-corrected chi connectivity index (χ3v) is 3.65. The zero-order chi connectivity index (χ0) is 12.8. The highest BCUT2D eigenvalue weighted by molar-refractivity contribution is 5.81. The molecule has 1 aliphatic heterocycles. The minimum atomic E-state index is -0.00935. The van der Waals surface area contributed by atoms with Crippen LogP contribution in [0.3, 0.4) is 0 Å². The Kier molecular flexibility index (Phi) is 5.92. The third-order valence-electron chi connectivity index (χ3n) is 3.65. The van der Waals surface area contributed by atoms with Gasteiger partial charge in [0.15, 0.2) is 0 Å². The van der Waals surface area contributed by atoms with E-state index in [9.17, 15) is 4.79 Å². The van der Waals surface area contributed by atoms with Gasteiger partial charge in [-0.15, -0.1) is 0 Å². The Bertz CT molecular complexity index is 237. The third kappa shape index (κ3) is 4.28. The average molecular weight is 241 g/mol. The predicted molar refractivity (Wildman–Crippen MR) is 71.0 cm³/mol. The van der Waals surface area contributed by atoms with E-state index in [2.05, 4.69) is 36.3 Å². The van der Waals surface area contributed by atoms with Crippen molar-refractivity contribution in [2.24, 2.45) is 5.92 Å². The summed E-state index contributed by atoms with van der Waals surface area (Å²) in [7, 11) is 0. The van der Waals surface area contributed by atoms with Gasteiger partial charge in [-0.2, -0.15) is 0 Å². The van der Waals surface area contributed by atoms with Crippen molar-refractivity contribution in [1.82, 2.24) is 15.5 Å². The van der Waals surface area contributed by atoms with Crippen LogP contribution < -0.4 is 10.6 Å². The minimum Gasteiger partial charge on any atom is -0.352 e. The van der Waals surface area contributed by atoms with Crippen LogP contribution in [0.4, 0.5) is 0 Å². The molecule has 17 heavy (non-hydrogen) atoms. The molecular formula is C13H27N3O. The lowest BCUT2D eigenvalue weighted by atomic mass is 10.0. The number of hydrogen-bond donors (Lipinski definition) is 2. The van der Waals surface area contributed by atoms with Crippen molar-refractivity contribution in [2.45, 2.75) is 46.2 Å². The van der Waals surface area contributed by atoms with Crippen LogP contribution >= 0.6 is 0 Å². The van der Waals surface area contributed by atoms with E-state index < -0.39 is 0 Å². The first-order valence-corrected chi connectivity index (χ1v) is 6.81. The fourth-order valence-corrected chi connectivity index (χ4v) is 2.28. The highest BCUT2D eigenvalue weighted by Crippen LogP contribution is 2.07. The lowest BCUT2D eigenvalue weighted by Crippen LogP contribution is -2.54. The normalized spacial score (nSPS) is 21.2. The molecule has 1 amide bonds. The second-order valence-electron chi connectivity index (χ2n) is 5.23. The summed E-state index contributed by atoms with van der Waals surface area (Å²) in [5.41, 5.74) is 0. The number of carbonyl (C=O) groups excluding carboxylic acids is 1. The molecule has 100 valence electrons. The molecular weight excluding hydrogens is 214 g/mol. The van der Waals surface area contributed by atoms with E-state index >= 15 is 0 Å². The molecule has 0 aromatic heterocycles. The first-order chi connectivity index (χ1) is 8.06. The topological polar surface area (TPSA) is 44.4 Å². The molecule has 1 aliphatic rings. The highest BCUT2D eigenvalue weighted by atomic mass is 16.2. The number of rotatable bonds is 5. The minimum absolute atomic E-state index is 0.00935. The molecule has 1 heterocycles. The van der Waals surface area contributed by atoms with Gasteiger partial charge in [-0.3, -0.25) is 9.69 Å². The largest absolute Gasteiger partial charge is 0.352 e. The number of piperazine rings is 1. The number of hydrogen-bond acceptors (Lipinski definition) is 3. The van der Waals surface area contributed by atoms with Crippen molar-refractivity contribution < 1.29 is 4.79 Å². The van der Waals surface area contributed by atoms with E-state index in [0.29, 0.717) is 12.0 Å². The first kappa shape index (κ1) is 14.5. The second-order valence-corrected chi connectivity index (χ2v) is 5.23. The van der Waals surface area contributed by atoms with Gasteiger partial charge in [0.2, 0.25) is 5.91 Å². The molecule has 0 saturated carbocycles. The van der Waals surface area contributed by atoms with Crippen LogP contribution in [0, 0.1) is 5.92 Å². The van der Waals surface area contributed by atoms with Gasteiger partial charge in [-0.1, -0.05) is 20.8 Å². The molecule has 4 heteroatoms. The summed E-state index contributed by atoms with van der Waals surface area (Å²) < 4.78 is 0. The molecule has 1 rings (SSSR count). The molecule has 0 aromatic rings. The number of nitrogens with zero attached hydrogens (tertiary/aromatic N) is 1. The summed E-state index contributed by atoms with van der Waals surface area (Å²) in [6, 6.07) is 0.290. The Hall–Kier alpha value is -0.610. The maximum atomic E-state index is 12.1. The molecule has 2 N–H and O–H groups in total. The van der Waals surface area contributed by atoms with Crippen LogP contribution in [-0.2, 0) is 4.79 Å². The average Bonchev–Trinajstić information content (AvgIpc) is 2.35. The highest BCUT2D eigenvalue weighted by Gasteiger charge is 2.24. The summed E-state index contributed by atoms with van der Waals surface area (Å²) in [6.07, 6.45) is 0.998. The van der Waals surface area contributed by atoms with Crippen molar-refractivity contribution in [1.29, 1.82) is 0 Å². The molecule has 0 radical (unpaired) electrons. The molecule has 1 saturated heterocycles. The van der Waals surface area contributed by atoms with Gasteiger partial charge in [0.1, 0.15) is 0 Å². The Labute approximate surface area is 105 Å². The maximum Gasteiger partial charge on any atom is 0.237 e. The maximum absolute atomic E-state index is 12.1.